The van der Waals surface area contributed by atoms with Crippen LogP contribution in [0.15, 0.2) is 42.6 Å². The Bertz CT molecular complexity index is 783. The molecule has 0 radical (unpaired) electrons. The first-order valence-corrected chi connectivity index (χ1v) is 6.64. The first-order chi connectivity index (χ1) is 10.2. The van der Waals surface area contributed by atoms with E-state index in [4.69, 9.17) is 4.74 Å². The van der Waals surface area contributed by atoms with Crippen molar-refractivity contribution in [2.45, 2.75) is 20.1 Å². The maximum absolute atomic E-state index is 13.6. The van der Waals surface area contributed by atoms with Crippen molar-refractivity contribution in [3.63, 3.8) is 0 Å². The van der Waals surface area contributed by atoms with Gasteiger partial charge >= 0.3 is 0 Å². The monoisotopic (exact) mass is 286 g/mol. The fourth-order valence-electron chi connectivity index (χ4n) is 2.28. The molecule has 0 spiro atoms. The standard InChI is InChI=1S/C16H15FN2O2/c1-11-14(9-20)19-8-4-7-15(16(19)18-11)21-10-12-5-2-3-6-13(12)17/h2-8,20H,9-10H2,1H3. The van der Waals surface area contributed by atoms with E-state index < -0.39 is 0 Å². The Morgan fingerprint density at radius 1 is 1.24 bits per heavy atom. The average molecular weight is 286 g/mol. The summed E-state index contributed by atoms with van der Waals surface area (Å²) in [5.41, 5.74) is 2.58. The second kappa shape index (κ2) is 5.54. The van der Waals surface area contributed by atoms with Gasteiger partial charge in [-0.25, -0.2) is 9.37 Å². The fraction of sp³-hybridized carbons (Fsp3) is 0.188. The van der Waals surface area contributed by atoms with Gasteiger partial charge in [0, 0.05) is 11.8 Å². The number of aliphatic hydroxyl groups excluding tert-OH is 1. The van der Waals surface area contributed by atoms with Gasteiger partial charge in [0.25, 0.3) is 0 Å². The quantitative estimate of drug-likeness (QED) is 0.802. The molecule has 3 aromatic rings. The molecular formula is C16H15FN2O2. The molecule has 108 valence electrons. The number of halogens is 1. The maximum atomic E-state index is 13.6. The zero-order valence-electron chi connectivity index (χ0n) is 11.6. The molecular weight excluding hydrogens is 271 g/mol. The second-order valence-electron chi connectivity index (χ2n) is 4.75. The molecule has 0 aliphatic carbocycles. The van der Waals surface area contributed by atoms with E-state index in [0.29, 0.717) is 17.0 Å². The number of pyridine rings is 1. The molecule has 0 atom stereocenters. The predicted molar refractivity (Wildman–Crippen MR) is 76.6 cm³/mol. The minimum absolute atomic E-state index is 0.0935. The lowest BCUT2D eigenvalue weighted by molar-refractivity contribution is 0.274. The van der Waals surface area contributed by atoms with Crippen LogP contribution in [0.2, 0.25) is 0 Å². The summed E-state index contributed by atoms with van der Waals surface area (Å²) in [6, 6.07) is 10.1. The van der Waals surface area contributed by atoms with Gasteiger partial charge in [-0.15, -0.1) is 0 Å². The molecule has 3 rings (SSSR count). The summed E-state index contributed by atoms with van der Waals surface area (Å²) >= 11 is 0. The van der Waals surface area contributed by atoms with Crippen LogP contribution in [0.1, 0.15) is 17.0 Å². The normalized spacial score (nSPS) is 11.0. The van der Waals surface area contributed by atoms with Crippen molar-refractivity contribution >= 4 is 5.65 Å². The minimum Gasteiger partial charge on any atom is -0.485 e. The van der Waals surface area contributed by atoms with Crippen molar-refractivity contribution in [2.24, 2.45) is 0 Å². The number of aromatic nitrogens is 2. The summed E-state index contributed by atoms with van der Waals surface area (Å²) in [5, 5.41) is 9.39. The first-order valence-electron chi connectivity index (χ1n) is 6.64. The molecule has 21 heavy (non-hydrogen) atoms. The zero-order chi connectivity index (χ0) is 14.8. The summed E-state index contributed by atoms with van der Waals surface area (Å²) in [4.78, 5) is 4.40. The number of hydrogen-bond acceptors (Lipinski definition) is 3. The molecule has 0 unspecified atom stereocenters. The molecule has 2 aromatic heterocycles. The smallest absolute Gasteiger partial charge is 0.180 e. The molecule has 0 aliphatic rings. The Morgan fingerprint density at radius 2 is 2.05 bits per heavy atom. The zero-order valence-corrected chi connectivity index (χ0v) is 11.6. The highest BCUT2D eigenvalue weighted by Crippen LogP contribution is 2.23. The summed E-state index contributed by atoms with van der Waals surface area (Å²) in [6.07, 6.45) is 1.82. The Kier molecular flexibility index (Phi) is 3.58. The number of ether oxygens (including phenoxy) is 1. The number of rotatable bonds is 4. The molecule has 1 N–H and O–H groups in total. The van der Waals surface area contributed by atoms with Gasteiger partial charge in [0.15, 0.2) is 11.4 Å². The van der Waals surface area contributed by atoms with E-state index in [1.54, 1.807) is 28.7 Å². The lowest BCUT2D eigenvalue weighted by atomic mass is 10.2. The summed E-state index contributed by atoms with van der Waals surface area (Å²) in [7, 11) is 0. The van der Waals surface area contributed by atoms with Crippen molar-refractivity contribution in [1.82, 2.24) is 9.38 Å². The third-order valence-corrected chi connectivity index (χ3v) is 3.40. The van der Waals surface area contributed by atoms with Gasteiger partial charge in [-0.2, -0.15) is 0 Å². The maximum Gasteiger partial charge on any atom is 0.180 e. The van der Waals surface area contributed by atoms with Crippen LogP contribution in [0.3, 0.4) is 0 Å². The van der Waals surface area contributed by atoms with E-state index in [1.165, 1.54) is 6.07 Å². The van der Waals surface area contributed by atoms with Crippen LogP contribution in [0.25, 0.3) is 5.65 Å². The number of aryl methyl sites for hydroxylation is 1. The van der Waals surface area contributed by atoms with Crippen LogP contribution in [0.5, 0.6) is 5.75 Å². The number of benzene rings is 1. The van der Waals surface area contributed by atoms with Crippen LogP contribution in [0, 0.1) is 12.7 Å². The molecule has 0 saturated carbocycles. The van der Waals surface area contributed by atoms with Crippen molar-refractivity contribution in [1.29, 1.82) is 0 Å². The Morgan fingerprint density at radius 3 is 2.81 bits per heavy atom. The van der Waals surface area contributed by atoms with Gasteiger partial charge < -0.3 is 9.84 Å². The number of nitrogens with zero attached hydrogens (tertiary/aromatic N) is 2. The predicted octanol–water partition coefficient (Wildman–Crippen LogP) is 2.85. The van der Waals surface area contributed by atoms with Crippen molar-refractivity contribution < 1.29 is 14.2 Å². The highest BCUT2D eigenvalue weighted by Gasteiger charge is 2.12. The van der Waals surface area contributed by atoms with Gasteiger partial charge in [-0.1, -0.05) is 18.2 Å². The van der Waals surface area contributed by atoms with E-state index in [-0.39, 0.29) is 19.0 Å². The highest BCUT2D eigenvalue weighted by atomic mass is 19.1. The van der Waals surface area contributed by atoms with E-state index in [2.05, 4.69) is 4.98 Å². The van der Waals surface area contributed by atoms with E-state index in [1.807, 2.05) is 19.2 Å². The molecule has 2 heterocycles. The topological polar surface area (TPSA) is 46.8 Å². The highest BCUT2D eigenvalue weighted by molar-refractivity contribution is 5.56. The molecule has 5 heteroatoms. The first kappa shape index (κ1) is 13.6. The van der Waals surface area contributed by atoms with Gasteiger partial charge in [-0.05, 0) is 25.1 Å². The van der Waals surface area contributed by atoms with Crippen LogP contribution in [-0.4, -0.2) is 14.5 Å². The lowest BCUT2D eigenvalue weighted by Crippen LogP contribution is -2.00. The number of aliphatic hydroxyl groups is 1. The number of imidazole rings is 1. The van der Waals surface area contributed by atoms with E-state index in [0.717, 1.165) is 11.4 Å². The van der Waals surface area contributed by atoms with Crippen LogP contribution in [-0.2, 0) is 13.2 Å². The van der Waals surface area contributed by atoms with E-state index in [9.17, 15) is 9.50 Å². The van der Waals surface area contributed by atoms with Crippen LogP contribution < -0.4 is 4.74 Å². The van der Waals surface area contributed by atoms with Crippen molar-refractivity contribution in [3.8, 4) is 5.75 Å². The Hall–Kier alpha value is -2.40. The third-order valence-electron chi connectivity index (χ3n) is 3.40. The molecule has 0 aliphatic heterocycles. The molecule has 0 fully saturated rings. The molecule has 4 nitrogen and oxygen atoms in total. The van der Waals surface area contributed by atoms with Crippen molar-refractivity contribution in [3.05, 3.63) is 65.4 Å². The lowest BCUT2D eigenvalue weighted by Gasteiger charge is -2.08. The summed E-state index contributed by atoms with van der Waals surface area (Å²) in [6.45, 7) is 1.87. The number of hydrogen-bond donors (Lipinski definition) is 1. The molecule has 1 aromatic carbocycles. The average Bonchev–Trinajstić information content (AvgIpc) is 2.82. The van der Waals surface area contributed by atoms with Gasteiger partial charge in [-0.3, -0.25) is 4.40 Å². The fourth-order valence-corrected chi connectivity index (χ4v) is 2.28. The molecule has 0 amide bonds. The van der Waals surface area contributed by atoms with Crippen molar-refractivity contribution in [2.75, 3.05) is 0 Å². The minimum atomic E-state index is -0.292. The molecule has 0 bridgehead atoms. The number of fused-ring (bicyclic) bond motifs is 1. The van der Waals surface area contributed by atoms with E-state index >= 15 is 0 Å². The largest absolute Gasteiger partial charge is 0.485 e. The third kappa shape index (κ3) is 2.48. The van der Waals surface area contributed by atoms with Gasteiger partial charge in [0.2, 0.25) is 0 Å². The SMILES string of the molecule is Cc1nc2c(OCc3ccccc3F)cccn2c1CO. The Balaban J connectivity index is 1.93. The second-order valence-corrected chi connectivity index (χ2v) is 4.75. The van der Waals surface area contributed by atoms with Crippen LogP contribution in [0.4, 0.5) is 4.39 Å². The van der Waals surface area contributed by atoms with Gasteiger partial charge in [0.05, 0.1) is 18.0 Å². The van der Waals surface area contributed by atoms with Gasteiger partial charge in [0.1, 0.15) is 12.4 Å². The summed E-state index contributed by atoms with van der Waals surface area (Å²) < 4.78 is 21.1. The summed E-state index contributed by atoms with van der Waals surface area (Å²) in [5.74, 6) is 0.267. The Labute approximate surface area is 121 Å². The molecule has 0 saturated heterocycles. The van der Waals surface area contributed by atoms with Crippen LogP contribution >= 0.6 is 0 Å².